The number of rotatable bonds is 3. The van der Waals surface area contributed by atoms with Crippen LogP contribution in [-0.4, -0.2) is 38.8 Å². The van der Waals surface area contributed by atoms with Crippen LogP contribution in [0.25, 0.3) is 5.65 Å². The minimum absolute atomic E-state index is 0.0900. The van der Waals surface area contributed by atoms with Crippen molar-refractivity contribution >= 4 is 17.4 Å². The maximum atomic E-state index is 11.4. The summed E-state index contributed by atoms with van der Waals surface area (Å²) < 4.78 is 1.77. The van der Waals surface area contributed by atoms with E-state index in [4.69, 9.17) is 5.73 Å². The fourth-order valence-corrected chi connectivity index (χ4v) is 2.63. The molecule has 0 bridgehead atoms. The van der Waals surface area contributed by atoms with E-state index in [1.54, 1.807) is 4.52 Å². The number of fused-ring (bicyclic) bond motifs is 1. The Labute approximate surface area is 116 Å². The topological polar surface area (TPSA) is 89.4 Å². The van der Waals surface area contributed by atoms with Gasteiger partial charge in [0.15, 0.2) is 11.5 Å². The number of hydrogen-bond acceptors (Lipinski definition) is 5. The Morgan fingerprint density at radius 2 is 2.30 bits per heavy atom. The van der Waals surface area contributed by atoms with E-state index in [-0.39, 0.29) is 11.8 Å². The highest BCUT2D eigenvalue weighted by Crippen LogP contribution is 2.21. The highest BCUT2D eigenvalue weighted by atomic mass is 16.1. The fourth-order valence-electron chi connectivity index (χ4n) is 2.63. The van der Waals surface area contributed by atoms with Gasteiger partial charge < -0.3 is 10.6 Å². The molecule has 2 N–H and O–H groups in total. The maximum absolute atomic E-state index is 11.4. The third-order valence-corrected chi connectivity index (χ3v) is 3.78. The fraction of sp³-hybridized carbons (Fsp3) is 0.538. The molecule has 1 saturated heterocycles. The summed E-state index contributed by atoms with van der Waals surface area (Å²) in [6.07, 6.45) is 2.60. The molecule has 1 atom stereocenters. The molecule has 3 rings (SSSR count). The predicted molar refractivity (Wildman–Crippen MR) is 74.3 cm³/mol. The summed E-state index contributed by atoms with van der Waals surface area (Å²) in [7, 11) is 0. The largest absolute Gasteiger partial charge is 0.369 e. The van der Waals surface area contributed by atoms with Crippen LogP contribution in [0.4, 0.5) is 5.82 Å². The third-order valence-electron chi connectivity index (χ3n) is 3.78. The van der Waals surface area contributed by atoms with Crippen LogP contribution in [0.5, 0.6) is 0 Å². The molecule has 106 valence electrons. The van der Waals surface area contributed by atoms with Gasteiger partial charge in [-0.05, 0) is 25.0 Å². The lowest BCUT2D eigenvalue weighted by molar-refractivity contribution is -0.122. The van der Waals surface area contributed by atoms with E-state index in [1.807, 2.05) is 19.1 Å². The highest BCUT2D eigenvalue weighted by molar-refractivity contribution is 5.77. The van der Waals surface area contributed by atoms with Gasteiger partial charge >= 0.3 is 0 Å². The van der Waals surface area contributed by atoms with Crippen molar-refractivity contribution in [2.24, 2.45) is 11.7 Å². The van der Waals surface area contributed by atoms with Crippen LogP contribution >= 0.6 is 0 Å². The summed E-state index contributed by atoms with van der Waals surface area (Å²) in [6, 6.07) is 3.83. The van der Waals surface area contributed by atoms with Gasteiger partial charge in [0.2, 0.25) is 5.91 Å². The number of anilines is 1. The van der Waals surface area contributed by atoms with Gasteiger partial charge in [-0.2, -0.15) is 4.52 Å². The quantitative estimate of drug-likeness (QED) is 0.874. The molecule has 0 spiro atoms. The lowest BCUT2D eigenvalue weighted by Crippen LogP contribution is -2.41. The van der Waals surface area contributed by atoms with E-state index in [9.17, 15) is 4.79 Å². The zero-order chi connectivity index (χ0) is 14.1. The van der Waals surface area contributed by atoms with Crippen LogP contribution < -0.4 is 10.6 Å². The van der Waals surface area contributed by atoms with Crippen molar-refractivity contribution in [1.82, 2.24) is 19.8 Å². The smallest absolute Gasteiger partial charge is 0.222 e. The monoisotopic (exact) mass is 274 g/mol. The van der Waals surface area contributed by atoms with Gasteiger partial charge in [0.05, 0.1) is 5.92 Å². The average molecular weight is 274 g/mol. The number of nitrogens with two attached hydrogens (primary N) is 1. The molecule has 0 aliphatic carbocycles. The van der Waals surface area contributed by atoms with E-state index in [2.05, 4.69) is 20.2 Å². The molecule has 2 aromatic heterocycles. The number of nitrogens with zero attached hydrogens (tertiary/aromatic N) is 5. The Kier molecular flexibility index (Phi) is 3.25. The van der Waals surface area contributed by atoms with Gasteiger partial charge in [-0.1, -0.05) is 6.92 Å². The molecule has 1 amide bonds. The SMILES string of the molecule is CCc1nnc2ccc(N3CCC[C@@H](C(N)=O)C3)nn12. The molecule has 7 nitrogen and oxygen atoms in total. The molecule has 1 aliphatic rings. The number of aromatic nitrogens is 4. The minimum atomic E-state index is -0.227. The first kappa shape index (κ1) is 12.8. The minimum Gasteiger partial charge on any atom is -0.369 e. The van der Waals surface area contributed by atoms with Crippen LogP contribution in [0.2, 0.25) is 0 Å². The van der Waals surface area contributed by atoms with E-state index in [0.29, 0.717) is 6.54 Å². The number of hydrogen-bond donors (Lipinski definition) is 1. The van der Waals surface area contributed by atoms with Crippen LogP contribution in [0.1, 0.15) is 25.6 Å². The van der Waals surface area contributed by atoms with Crippen molar-refractivity contribution in [3.05, 3.63) is 18.0 Å². The summed E-state index contributed by atoms with van der Waals surface area (Å²) in [5.74, 6) is 1.37. The summed E-state index contributed by atoms with van der Waals surface area (Å²) in [5.41, 5.74) is 6.16. The summed E-state index contributed by atoms with van der Waals surface area (Å²) in [6.45, 7) is 3.55. The maximum Gasteiger partial charge on any atom is 0.222 e. The first-order chi connectivity index (χ1) is 9.69. The van der Waals surface area contributed by atoms with Crippen LogP contribution in [0.3, 0.4) is 0 Å². The average Bonchev–Trinajstić information content (AvgIpc) is 2.89. The second-order valence-corrected chi connectivity index (χ2v) is 5.12. The predicted octanol–water partition coefficient (Wildman–Crippen LogP) is 0.388. The van der Waals surface area contributed by atoms with Gasteiger partial charge in [0.1, 0.15) is 5.82 Å². The standard InChI is InChI=1S/C13H18N6O/c1-2-10-15-16-11-5-6-12(17-19(10)11)18-7-3-4-9(8-18)13(14)20/h5-6,9H,2-4,7-8H2,1H3,(H2,14,20)/t9-/m1/s1. The zero-order valence-electron chi connectivity index (χ0n) is 11.5. The van der Waals surface area contributed by atoms with Gasteiger partial charge in [0, 0.05) is 19.5 Å². The first-order valence-corrected chi connectivity index (χ1v) is 6.94. The highest BCUT2D eigenvalue weighted by Gasteiger charge is 2.25. The molecular formula is C13H18N6O. The van der Waals surface area contributed by atoms with Crippen molar-refractivity contribution in [2.45, 2.75) is 26.2 Å². The second-order valence-electron chi connectivity index (χ2n) is 5.12. The number of carbonyl (C=O) groups is 1. The first-order valence-electron chi connectivity index (χ1n) is 6.94. The second kappa shape index (κ2) is 5.07. The van der Waals surface area contributed by atoms with Gasteiger partial charge in [0.25, 0.3) is 0 Å². The molecule has 1 aliphatic heterocycles. The molecule has 3 heterocycles. The van der Waals surface area contributed by atoms with Crippen LogP contribution in [0, 0.1) is 5.92 Å². The van der Waals surface area contributed by atoms with Gasteiger partial charge in [-0.25, -0.2) is 0 Å². The van der Waals surface area contributed by atoms with E-state index in [1.165, 1.54) is 0 Å². The lowest BCUT2D eigenvalue weighted by Gasteiger charge is -2.31. The molecule has 0 saturated carbocycles. The molecule has 20 heavy (non-hydrogen) atoms. The number of primary amides is 1. The van der Waals surface area contributed by atoms with Crippen molar-refractivity contribution in [2.75, 3.05) is 18.0 Å². The summed E-state index contributed by atoms with van der Waals surface area (Å²) in [5, 5.41) is 12.8. The van der Waals surface area contributed by atoms with Crippen molar-refractivity contribution in [3.63, 3.8) is 0 Å². The van der Waals surface area contributed by atoms with Crippen molar-refractivity contribution in [3.8, 4) is 0 Å². The Morgan fingerprint density at radius 1 is 1.45 bits per heavy atom. The normalized spacial score (nSPS) is 19.4. The molecular weight excluding hydrogens is 256 g/mol. The lowest BCUT2D eigenvalue weighted by atomic mass is 9.97. The number of amides is 1. The van der Waals surface area contributed by atoms with Crippen LogP contribution in [0.15, 0.2) is 12.1 Å². The third kappa shape index (κ3) is 2.19. The van der Waals surface area contributed by atoms with E-state index in [0.717, 1.165) is 43.1 Å². The number of piperidine rings is 1. The van der Waals surface area contributed by atoms with Gasteiger partial charge in [-0.15, -0.1) is 15.3 Å². The Bertz CT molecular complexity index is 637. The van der Waals surface area contributed by atoms with Gasteiger partial charge in [-0.3, -0.25) is 4.79 Å². The van der Waals surface area contributed by atoms with Crippen molar-refractivity contribution < 1.29 is 4.79 Å². The molecule has 0 unspecified atom stereocenters. The number of carbonyl (C=O) groups excluding carboxylic acids is 1. The summed E-state index contributed by atoms with van der Waals surface area (Å²) >= 11 is 0. The zero-order valence-corrected chi connectivity index (χ0v) is 11.5. The molecule has 2 aromatic rings. The summed E-state index contributed by atoms with van der Waals surface area (Å²) in [4.78, 5) is 13.5. The molecule has 0 aromatic carbocycles. The van der Waals surface area contributed by atoms with Crippen molar-refractivity contribution in [1.29, 1.82) is 0 Å². The molecule has 1 fully saturated rings. The Morgan fingerprint density at radius 3 is 3.05 bits per heavy atom. The Balaban J connectivity index is 1.91. The van der Waals surface area contributed by atoms with E-state index >= 15 is 0 Å². The van der Waals surface area contributed by atoms with E-state index < -0.39 is 0 Å². The van der Waals surface area contributed by atoms with Crippen LogP contribution in [-0.2, 0) is 11.2 Å². The molecule has 7 heteroatoms. The molecule has 0 radical (unpaired) electrons. The number of aryl methyl sites for hydroxylation is 1. The Hall–Kier alpha value is -2.18.